The van der Waals surface area contributed by atoms with E-state index in [0.29, 0.717) is 27.4 Å². The monoisotopic (exact) mass is 303 g/mol. The number of pyridine rings is 1. The Balaban J connectivity index is 0.000000225. The number of benzene rings is 1. The van der Waals surface area contributed by atoms with Crippen LogP contribution in [0, 0.1) is 0 Å². The Morgan fingerprint density at radius 1 is 1.00 bits per heavy atom. The second-order valence-corrected chi connectivity index (χ2v) is 4.41. The largest absolute Gasteiger partial charge is 0.491 e. The molecule has 0 bridgehead atoms. The van der Waals surface area contributed by atoms with E-state index in [0.717, 1.165) is 0 Å². The smallest absolute Gasteiger partial charge is 0.156 e. The Morgan fingerprint density at radius 2 is 1.56 bits per heavy atom. The maximum absolute atomic E-state index is 5.82. The predicted octanol–water partition coefficient (Wildman–Crippen LogP) is 5.13. The summed E-state index contributed by atoms with van der Waals surface area (Å²) in [5.74, 6) is 0.491. The summed E-state index contributed by atoms with van der Waals surface area (Å²) in [6.07, 6.45) is 3.50. The molecule has 0 saturated heterocycles. The third-order valence-electron chi connectivity index (χ3n) is 1.82. The molecule has 5 heteroatoms. The predicted molar refractivity (Wildman–Crippen MR) is 76.9 cm³/mol. The maximum Gasteiger partial charge on any atom is 0.156 e. The molecule has 0 radical (unpaired) electrons. The van der Waals surface area contributed by atoms with Crippen molar-refractivity contribution in [3.63, 3.8) is 0 Å². The summed E-state index contributed by atoms with van der Waals surface area (Å²) < 4.78 is 5.20. The Hall–Kier alpha value is -0.960. The molecule has 0 saturated carbocycles. The summed E-state index contributed by atoms with van der Waals surface area (Å²) in [6.45, 7) is 2.39. The van der Waals surface area contributed by atoms with Crippen molar-refractivity contribution in [2.24, 2.45) is 0 Å². The average molecular weight is 305 g/mol. The lowest BCUT2D eigenvalue weighted by atomic mass is 10.3. The topological polar surface area (TPSA) is 22.1 Å². The summed E-state index contributed by atoms with van der Waals surface area (Å²) in [6, 6.07) is 8.91. The molecule has 2 rings (SSSR count). The van der Waals surface area contributed by atoms with Crippen LogP contribution in [-0.4, -0.2) is 11.6 Å². The van der Waals surface area contributed by atoms with Crippen molar-refractivity contribution in [2.45, 2.75) is 6.92 Å². The zero-order valence-corrected chi connectivity index (χ0v) is 12.0. The number of hydrogen-bond donors (Lipinski definition) is 0. The lowest BCUT2D eigenvalue weighted by molar-refractivity contribution is 0.340. The SMILES string of the molecule is CCOc1c(Cl)cc(Cl)cc1Cl.c1ccncc1. The van der Waals surface area contributed by atoms with E-state index in [2.05, 4.69) is 4.98 Å². The van der Waals surface area contributed by atoms with Crippen LogP contribution in [0.2, 0.25) is 15.1 Å². The van der Waals surface area contributed by atoms with Crippen molar-refractivity contribution in [1.82, 2.24) is 4.98 Å². The minimum absolute atomic E-state index is 0.439. The van der Waals surface area contributed by atoms with Crippen molar-refractivity contribution in [3.8, 4) is 5.75 Å². The van der Waals surface area contributed by atoms with Crippen LogP contribution in [0.4, 0.5) is 0 Å². The van der Waals surface area contributed by atoms with Gasteiger partial charge in [0, 0.05) is 17.4 Å². The molecule has 0 atom stereocenters. The van der Waals surface area contributed by atoms with Crippen LogP contribution in [0.15, 0.2) is 42.7 Å². The second kappa shape index (κ2) is 8.20. The van der Waals surface area contributed by atoms with E-state index in [-0.39, 0.29) is 0 Å². The van der Waals surface area contributed by atoms with Crippen molar-refractivity contribution >= 4 is 34.8 Å². The Bertz CT molecular complexity index is 427. The van der Waals surface area contributed by atoms with Crippen molar-refractivity contribution in [3.05, 3.63) is 57.8 Å². The first-order valence-corrected chi connectivity index (χ1v) is 6.41. The first-order chi connectivity index (χ1) is 8.65. The van der Waals surface area contributed by atoms with Crippen LogP contribution in [0.1, 0.15) is 6.92 Å². The number of nitrogens with zero attached hydrogens (tertiary/aromatic N) is 1. The van der Waals surface area contributed by atoms with Crippen LogP contribution in [0.3, 0.4) is 0 Å². The molecule has 1 aromatic heterocycles. The van der Waals surface area contributed by atoms with Crippen molar-refractivity contribution in [2.75, 3.05) is 6.61 Å². The van der Waals surface area contributed by atoms with Gasteiger partial charge in [-0.2, -0.15) is 0 Å². The van der Waals surface area contributed by atoms with Gasteiger partial charge in [0.2, 0.25) is 0 Å². The number of rotatable bonds is 2. The highest BCUT2D eigenvalue weighted by atomic mass is 35.5. The van der Waals surface area contributed by atoms with E-state index < -0.39 is 0 Å². The molecule has 0 amide bonds. The van der Waals surface area contributed by atoms with E-state index in [9.17, 15) is 0 Å². The molecule has 2 nitrogen and oxygen atoms in total. The van der Waals surface area contributed by atoms with Gasteiger partial charge in [0.25, 0.3) is 0 Å². The fourth-order valence-corrected chi connectivity index (χ4v) is 2.05. The van der Waals surface area contributed by atoms with E-state index in [1.807, 2.05) is 25.1 Å². The number of ether oxygens (including phenoxy) is 1. The molecule has 0 aliphatic heterocycles. The summed E-state index contributed by atoms with van der Waals surface area (Å²) in [4.78, 5) is 3.78. The molecule has 1 heterocycles. The molecule has 0 aliphatic rings. The van der Waals surface area contributed by atoms with E-state index in [4.69, 9.17) is 39.5 Å². The first-order valence-electron chi connectivity index (χ1n) is 5.27. The number of halogens is 3. The Kier molecular flexibility index (Phi) is 6.88. The van der Waals surface area contributed by atoms with Gasteiger partial charge in [-0.25, -0.2) is 0 Å². The van der Waals surface area contributed by atoms with Gasteiger partial charge in [0.15, 0.2) is 5.75 Å². The molecule has 0 spiro atoms. The van der Waals surface area contributed by atoms with Gasteiger partial charge in [0.05, 0.1) is 16.7 Å². The second-order valence-electron chi connectivity index (χ2n) is 3.16. The number of hydrogen-bond acceptors (Lipinski definition) is 2. The van der Waals surface area contributed by atoms with Gasteiger partial charge < -0.3 is 4.74 Å². The van der Waals surface area contributed by atoms with Gasteiger partial charge in [0.1, 0.15) is 0 Å². The molecule has 0 fully saturated rings. The number of aromatic nitrogens is 1. The fraction of sp³-hybridized carbons (Fsp3) is 0.154. The minimum atomic E-state index is 0.439. The summed E-state index contributed by atoms with van der Waals surface area (Å²) in [5.41, 5.74) is 0. The Morgan fingerprint density at radius 3 is 1.89 bits per heavy atom. The van der Waals surface area contributed by atoms with Crippen LogP contribution in [0.25, 0.3) is 0 Å². The molecular formula is C13H12Cl3NO. The van der Waals surface area contributed by atoms with Crippen LogP contribution < -0.4 is 4.74 Å². The molecule has 0 N–H and O–H groups in total. The zero-order valence-electron chi connectivity index (χ0n) is 9.74. The zero-order chi connectivity index (χ0) is 13.4. The quantitative estimate of drug-likeness (QED) is 0.767. The van der Waals surface area contributed by atoms with Gasteiger partial charge >= 0.3 is 0 Å². The van der Waals surface area contributed by atoms with E-state index >= 15 is 0 Å². The third kappa shape index (κ3) is 5.13. The van der Waals surface area contributed by atoms with Gasteiger partial charge in [-0.05, 0) is 31.2 Å². The van der Waals surface area contributed by atoms with Gasteiger partial charge in [-0.3, -0.25) is 4.98 Å². The van der Waals surface area contributed by atoms with E-state index in [1.165, 1.54) is 0 Å². The molecular weight excluding hydrogens is 293 g/mol. The molecule has 0 unspecified atom stereocenters. The summed E-state index contributed by atoms with van der Waals surface area (Å²) in [7, 11) is 0. The van der Waals surface area contributed by atoms with Crippen molar-refractivity contribution in [1.29, 1.82) is 0 Å². The highest BCUT2D eigenvalue weighted by Crippen LogP contribution is 2.35. The molecule has 18 heavy (non-hydrogen) atoms. The first kappa shape index (κ1) is 15.1. The van der Waals surface area contributed by atoms with Crippen molar-refractivity contribution < 1.29 is 4.74 Å². The Labute approximate surface area is 121 Å². The van der Waals surface area contributed by atoms with E-state index in [1.54, 1.807) is 24.5 Å². The minimum Gasteiger partial charge on any atom is -0.491 e. The average Bonchev–Trinajstić information content (AvgIpc) is 2.36. The highest BCUT2D eigenvalue weighted by Gasteiger charge is 2.07. The molecule has 2 aromatic rings. The molecule has 96 valence electrons. The summed E-state index contributed by atoms with van der Waals surface area (Å²) in [5, 5.41) is 1.39. The fourth-order valence-electron chi connectivity index (χ4n) is 1.12. The molecule has 0 aliphatic carbocycles. The van der Waals surface area contributed by atoms with Crippen LogP contribution in [-0.2, 0) is 0 Å². The normalized spacial score (nSPS) is 9.33. The maximum atomic E-state index is 5.82. The summed E-state index contributed by atoms with van der Waals surface area (Å²) >= 11 is 17.3. The lowest BCUT2D eigenvalue weighted by Gasteiger charge is -2.07. The highest BCUT2D eigenvalue weighted by molar-refractivity contribution is 6.40. The molecule has 1 aromatic carbocycles. The van der Waals surface area contributed by atoms with Gasteiger partial charge in [-0.1, -0.05) is 40.9 Å². The standard InChI is InChI=1S/C8H7Cl3O.C5H5N/c1-2-12-8-6(10)3-5(9)4-7(8)11;1-2-4-6-5-3-1/h3-4H,2H2,1H3;1-5H. The van der Waals surface area contributed by atoms with Crippen LogP contribution in [0.5, 0.6) is 5.75 Å². The lowest BCUT2D eigenvalue weighted by Crippen LogP contribution is -1.92. The third-order valence-corrected chi connectivity index (χ3v) is 2.60. The van der Waals surface area contributed by atoms with Crippen LogP contribution >= 0.6 is 34.8 Å². The van der Waals surface area contributed by atoms with Gasteiger partial charge in [-0.15, -0.1) is 0 Å².